The molecular weight excluding hydrogens is 429 g/mol. The van der Waals surface area contributed by atoms with E-state index in [-0.39, 0.29) is 12.0 Å². The highest BCUT2D eigenvalue weighted by atomic mass is 19.4. The Hall–Kier alpha value is -2.28. The summed E-state index contributed by atoms with van der Waals surface area (Å²) in [5.74, 6) is 0.180. The van der Waals surface area contributed by atoms with Crippen LogP contribution in [0.1, 0.15) is 83.7 Å². The number of unbranched alkanes of at least 4 members (excludes halogenated alkanes) is 6. The fourth-order valence-electron chi connectivity index (χ4n) is 4.50. The van der Waals surface area contributed by atoms with E-state index < -0.39 is 23.7 Å². The summed E-state index contributed by atoms with van der Waals surface area (Å²) in [4.78, 5) is 11.9. The standard InChI is InChI=1S/C26H35F3N2O2/c1-4-5-6-7-8-9-10-16-33-22-13-11-12-19-14-15-20(17-21(19)22)24(26(27,28)29)31-25(2,3)18-23(32)30-31/h11-15,17,24H,4-10,16,18H2,1-3H3,(H,30,32)/t24-/m0/s1. The number of alkyl halides is 3. The maximum absolute atomic E-state index is 14.2. The van der Waals surface area contributed by atoms with E-state index in [1.54, 1.807) is 32.0 Å². The Kier molecular flexibility index (Phi) is 8.27. The van der Waals surface area contributed by atoms with E-state index in [2.05, 4.69) is 12.3 Å². The summed E-state index contributed by atoms with van der Waals surface area (Å²) in [7, 11) is 0. The van der Waals surface area contributed by atoms with Crippen LogP contribution in [0.2, 0.25) is 0 Å². The SMILES string of the molecule is CCCCCCCCCOc1cccc2ccc([C@H](N3NC(=O)CC3(C)C)C(F)(F)F)cc12. The van der Waals surface area contributed by atoms with Gasteiger partial charge in [-0.05, 0) is 43.4 Å². The van der Waals surface area contributed by atoms with Crippen molar-refractivity contribution in [2.45, 2.75) is 89.9 Å². The zero-order valence-corrected chi connectivity index (χ0v) is 19.8. The molecule has 1 aliphatic heterocycles. The highest BCUT2D eigenvalue weighted by Crippen LogP contribution is 2.43. The van der Waals surface area contributed by atoms with Crippen molar-refractivity contribution in [1.29, 1.82) is 0 Å². The third-order valence-electron chi connectivity index (χ3n) is 6.25. The van der Waals surface area contributed by atoms with Crippen LogP contribution in [-0.2, 0) is 4.79 Å². The van der Waals surface area contributed by atoms with E-state index in [0.29, 0.717) is 17.7 Å². The Labute approximate surface area is 194 Å². The topological polar surface area (TPSA) is 41.6 Å². The third kappa shape index (κ3) is 6.40. The summed E-state index contributed by atoms with van der Waals surface area (Å²) in [5.41, 5.74) is 1.54. The monoisotopic (exact) mass is 464 g/mol. The second-order valence-electron chi connectivity index (χ2n) is 9.54. The molecule has 33 heavy (non-hydrogen) atoms. The summed E-state index contributed by atoms with van der Waals surface area (Å²) in [6, 6.07) is 8.30. The van der Waals surface area contributed by atoms with Crippen LogP contribution in [0.25, 0.3) is 10.8 Å². The van der Waals surface area contributed by atoms with Gasteiger partial charge in [0, 0.05) is 17.3 Å². The largest absolute Gasteiger partial charge is 0.493 e. The van der Waals surface area contributed by atoms with Crippen molar-refractivity contribution in [3.8, 4) is 5.75 Å². The van der Waals surface area contributed by atoms with Gasteiger partial charge in [-0.2, -0.15) is 18.2 Å². The fourth-order valence-corrected chi connectivity index (χ4v) is 4.50. The van der Waals surface area contributed by atoms with Crippen molar-refractivity contribution in [3.63, 3.8) is 0 Å². The Morgan fingerprint density at radius 3 is 2.39 bits per heavy atom. The van der Waals surface area contributed by atoms with Crippen LogP contribution >= 0.6 is 0 Å². The van der Waals surface area contributed by atoms with E-state index in [9.17, 15) is 18.0 Å². The van der Waals surface area contributed by atoms with Crippen molar-refractivity contribution < 1.29 is 22.7 Å². The summed E-state index contributed by atoms with van der Waals surface area (Å²) in [5, 5.41) is 2.51. The molecule has 1 N–H and O–H groups in total. The van der Waals surface area contributed by atoms with Gasteiger partial charge in [0.1, 0.15) is 5.75 Å². The van der Waals surface area contributed by atoms with Crippen LogP contribution in [0.4, 0.5) is 13.2 Å². The van der Waals surface area contributed by atoms with Gasteiger partial charge in [-0.3, -0.25) is 10.2 Å². The number of fused-ring (bicyclic) bond motifs is 1. The molecule has 1 aliphatic rings. The molecule has 1 fully saturated rings. The maximum atomic E-state index is 14.2. The van der Waals surface area contributed by atoms with Crippen LogP contribution in [0, 0.1) is 0 Å². The van der Waals surface area contributed by atoms with E-state index in [4.69, 9.17) is 4.74 Å². The number of rotatable bonds is 11. The van der Waals surface area contributed by atoms with Crippen molar-refractivity contribution in [1.82, 2.24) is 10.4 Å². The molecule has 1 amide bonds. The molecule has 0 aromatic heterocycles. The molecule has 1 heterocycles. The number of halogens is 3. The predicted octanol–water partition coefficient (Wildman–Crippen LogP) is 7.09. The van der Waals surface area contributed by atoms with Crippen molar-refractivity contribution in [2.75, 3.05) is 6.61 Å². The van der Waals surface area contributed by atoms with Crippen LogP contribution < -0.4 is 10.2 Å². The Morgan fingerprint density at radius 2 is 1.76 bits per heavy atom. The zero-order chi connectivity index (χ0) is 24.1. The van der Waals surface area contributed by atoms with Gasteiger partial charge in [0.25, 0.3) is 0 Å². The molecule has 1 saturated heterocycles. The van der Waals surface area contributed by atoms with Crippen molar-refractivity contribution >= 4 is 16.7 Å². The molecule has 3 rings (SSSR count). The first-order valence-corrected chi connectivity index (χ1v) is 11.9. The molecule has 4 nitrogen and oxygen atoms in total. The molecule has 0 unspecified atom stereocenters. The molecule has 2 aromatic carbocycles. The van der Waals surface area contributed by atoms with E-state index in [0.717, 1.165) is 23.2 Å². The van der Waals surface area contributed by atoms with E-state index in [1.165, 1.54) is 38.2 Å². The number of carbonyl (C=O) groups is 1. The number of amides is 1. The minimum atomic E-state index is -4.56. The first-order chi connectivity index (χ1) is 15.6. The third-order valence-corrected chi connectivity index (χ3v) is 6.25. The highest BCUT2D eigenvalue weighted by Gasteiger charge is 2.53. The average molecular weight is 465 g/mol. The van der Waals surface area contributed by atoms with Crippen LogP contribution in [0.5, 0.6) is 5.75 Å². The van der Waals surface area contributed by atoms with E-state index >= 15 is 0 Å². The molecule has 2 aromatic rings. The number of carbonyl (C=O) groups excluding carboxylic acids is 1. The molecule has 0 saturated carbocycles. The van der Waals surface area contributed by atoms with Gasteiger partial charge < -0.3 is 4.74 Å². The molecular formula is C26H35F3N2O2. The van der Waals surface area contributed by atoms with E-state index in [1.807, 2.05) is 12.1 Å². The summed E-state index contributed by atoms with van der Waals surface area (Å²) in [6.45, 7) is 6.01. The number of ether oxygens (including phenoxy) is 1. The second-order valence-corrected chi connectivity index (χ2v) is 9.54. The van der Waals surface area contributed by atoms with Gasteiger partial charge >= 0.3 is 6.18 Å². The van der Waals surface area contributed by atoms with Gasteiger partial charge in [-0.1, -0.05) is 69.7 Å². The van der Waals surface area contributed by atoms with Crippen LogP contribution in [-0.4, -0.2) is 29.2 Å². The van der Waals surface area contributed by atoms with Crippen LogP contribution in [0.3, 0.4) is 0 Å². The van der Waals surface area contributed by atoms with Gasteiger partial charge in [-0.15, -0.1) is 0 Å². The number of hydrogen-bond acceptors (Lipinski definition) is 3. The second kappa shape index (κ2) is 10.8. The lowest BCUT2D eigenvalue weighted by atomic mass is 9.95. The lowest BCUT2D eigenvalue weighted by Gasteiger charge is -2.38. The minimum absolute atomic E-state index is 0.0139. The minimum Gasteiger partial charge on any atom is -0.493 e. The number of benzene rings is 2. The Balaban J connectivity index is 1.78. The maximum Gasteiger partial charge on any atom is 0.409 e. The average Bonchev–Trinajstić information content (AvgIpc) is 3.00. The van der Waals surface area contributed by atoms with Crippen molar-refractivity contribution in [2.24, 2.45) is 0 Å². The summed E-state index contributed by atoms with van der Waals surface area (Å²) >= 11 is 0. The van der Waals surface area contributed by atoms with Crippen LogP contribution in [0.15, 0.2) is 36.4 Å². The number of nitrogens with zero attached hydrogens (tertiary/aromatic N) is 1. The Bertz CT molecular complexity index is 943. The fraction of sp³-hybridized carbons (Fsp3) is 0.577. The predicted molar refractivity (Wildman–Crippen MR) is 125 cm³/mol. The molecule has 182 valence electrons. The number of hydrogen-bond donors (Lipinski definition) is 1. The quantitative estimate of drug-likeness (QED) is 0.361. The first-order valence-electron chi connectivity index (χ1n) is 11.9. The van der Waals surface area contributed by atoms with Gasteiger partial charge in [0.2, 0.25) is 5.91 Å². The Morgan fingerprint density at radius 1 is 1.06 bits per heavy atom. The molecule has 0 spiro atoms. The molecule has 7 heteroatoms. The zero-order valence-electron chi connectivity index (χ0n) is 19.8. The number of nitrogens with one attached hydrogen (secondary N) is 1. The normalized spacial score (nSPS) is 17.3. The lowest BCUT2D eigenvalue weighted by molar-refractivity contribution is -0.203. The van der Waals surface area contributed by atoms with Gasteiger partial charge in [-0.25, -0.2) is 0 Å². The summed E-state index contributed by atoms with van der Waals surface area (Å²) < 4.78 is 48.6. The highest BCUT2D eigenvalue weighted by molar-refractivity contribution is 5.89. The molecule has 0 aliphatic carbocycles. The smallest absolute Gasteiger partial charge is 0.409 e. The van der Waals surface area contributed by atoms with Gasteiger partial charge in [0.15, 0.2) is 6.04 Å². The molecule has 1 atom stereocenters. The van der Waals surface area contributed by atoms with Crippen molar-refractivity contribution in [3.05, 3.63) is 42.0 Å². The lowest BCUT2D eigenvalue weighted by Crippen LogP contribution is -2.51. The molecule has 0 radical (unpaired) electrons. The number of hydrazine groups is 1. The first kappa shape index (κ1) is 25.3. The summed E-state index contributed by atoms with van der Waals surface area (Å²) in [6.07, 6.45) is 3.62. The molecule has 0 bridgehead atoms. The van der Waals surface area contributed by atoms with Gasteiger partial charge in [0.05, 0.1) is 6.61 Å².